The van der Waals surface area contributed by atoms with E-state index in [4.69, 9.17) is 10.5 Å². The molecule has 0 spiro atoms. The van der Waals surface area contributed by atoms with Crippen molar-refractivity contribution in [1.82, 2.24) is 5.32 Å². The van der Waals surface area contributed by atoms with E-state index in [1.165, 1.54) is 0 Å². The molecule has 1 rings (SSSR count). The summed E-state index contributed by atoms with van der Waals surface area (Å²) in [4.78, 5) is 11.8. The van der Waals surface area contributed by atoms with Crippen molar-refractivity contribution in [2.75, 3.05) is 6.61 Å². The summed E-state index contributed by atoms with van der Waals surface area (Å²) in [7, 11) is 0. The van der Waals surface area contributed by atoms with Crippen molar-refractivity contribution in [3.63, 3.8) is 0 Å². The Morgan fingerprint density at radius 2 is 1.85 bits per heavy atom. The van der Waals surface area contributed by atoms with Crippen LogP contribution in [0.1, 0.15) is 47.5 Å². The Balaban J connectivity index is 3.08. The minimum Gasteiger partial charge on any atom is -0.462 e. The van der Waals surface area contributed by atoms with Crippen LogP contribution in [-0.4, -0.2) is 23.7 Å². The largest absolute Gasteiger partial charge is 0.462 e. The summed E-state index contributed by atoms with van der Waals surface area (Å²) in [6, 6.07) is 1.90. The maximum atomic E-state index is 11.8. The van der Waals surface area contributed by atoms with E-state index in [0.29, 0.717) is 5.70 Å². The second-order valence-corrected chi connectivity index (χ2v) is 6.66. The van der Waals surface area contributed by atoms with Gasteiger partial charge in [0, 0.05) is 22.7 Å². The van der Waals surface area contributed by atoms with Crippen molar-refractivity contribution in [3.8, 4) is 6.07 Å². The van der Waals surface area contributed by atoms with E-state index in [2.05, 4.69) is 33.0 Å². The molecule has 3 N–H and O–H groups in total. The first-order valence-electron chi connectivity index (χ1n) is 6.98. The summed E-state index contributed by atoms with van der Waals surface area (Å²) >= 11 is 0. The van der Waals surface area contributed by atoms with Crippen LogP contribution in [0.2, 0.25) is 0 Å². The molecule has 20 heavy (non-hydrogen) atoms. The van der Waals surface area contributed by atoms with Crippen LogP contribution in [0.5, 0.6) is 0 Å². The van der Waals surface area contributed by atoms with E-state index >= 15 is 0 Å². The van der Waals surface area contributed by atoms with Crippen LogP contribution in [0, 0.1) is 17.2 Å². The third-order valence-corrected chi connectivity index (χ3v) is 3.51. The molecule has 0 aromatic carbocycles. The lowest BCUT2D eigenvalue weighted by Gasteiger charge is -2.46. The van der Waals surface area contributed by atoms with Gasteiger partial charge in [0.2, 0.25) is 0 Å². The zero-order chi connectivity index (χ0) is 15.6. The Hall–Kier alpha value is -1.54. The monoisotopic (exact) mass is 279 g/mol. The normalized spacial score (nSPS) is 22.6. The van der Waals surface area contributed by atoms with Crippen LogP contribution in [-0.2, 0) is 9.53 Å². The number of hydrogen-bond donors (Lipinski definition) is 2. The predicted octanol–water partition coefficient (Wildman–Crippen LogP) is 1.84. The number of nitriles is 1. The molecule has 0 bridgehead atoms. The van der Waals surface area contributed by atoms with Gasteiger partial charge >= 0.3 is 5.97 Å². The molecule has 0 aliphatic carbocycles. The molecule has 0 amide bonds. The molecule has 0 aromatic rings. The zero-order valence-corrected chi connectivity index (χ0v) is 13.0. The van der Waals surface area contributed by atoms with Crippen molar-refractivity contribution in [1.29, 1.82) is 5.26 Å². The van der Waals surface area contributed by atoms with Gasteiger partial charge in [-0.05, 0) is 47.5 Å². The van der Waals surface area contributed by atoms with Crippen LogP contribution in [0.25, 0.3) is 0 Å². The molecule has 0 unspecified atom stereocenters. The zero-order valence-electron chi connectivity index (χ0n) is 13.0. The van der Waals surface area contributed by atoms with Crippen LogP contribution in [0.4, 0.5) is 0 Å². The van der Waals surface area contributed by atoms with Crippen molar-refractivity contribution in [3.05, 3.63) is 11.3 Å². The molecule has 0 atom stereocenters. The van der Waals surface area contributed by atoms with Crippen molar-refractivity contribution in [2.45, 2.75) is 58.5 Å². The number of piperidine rings is 1. The first kappa shape index (κ1) is 16.5. The lowest BCUT2D eigenvalue weighted by molar-refractivity contribution is -0.138. The number of carbonyl (C=O) groups is 1. The average Bonchev–Trinajstić information content (AvgIpc) is 2.25. The van der Waals surface area contributed by atoms with Gasteiger partial charge in [-0.3, -0.25) is 0 Å². The van der Waals surface area contributed by atoms with E-state index < -0.39 is 5.97 Å². The minimum atomic E-state index is -0.623. The summed E-state index contributed by atoms with van der Waals surface area (Å²) in [5, 5.41) is 12.7. The summed E-state index contributed by atoms with van der Waals surface area (Å²) in [5.74, 6) is -0.623. The first-order chi connectivity index (χ1) is 9.12. The molecule has 112 valence electrons. The Morgan fingerprint density at radius 1 is 1.35 bits per heavy atom. The van der Waals surface area contributed by atoms with E-state index in [9.17, 15) is 10.1 Å². The third-order valence-electron chi connectivity index (χ3n) is 3.51. The fraction of sp³-hybridized carbons (Fsp3) is 0.733. The maximum Gasteiger partial charge on any atom is 0.350 e. The van der Waals surface area contributed by atoms with Gasteiger partial charge in [0.1, 0.15) is 6.07 Å². The van der Waals surface area contributed by atoms with Crippen LogP contribution in [0.15, 0.2) is 11.3 Å². The molecule has 1 heterocycles. The highest BCUT2D eigenvalue weighted by molar-refractivity contribution is 5.93. The van der Waals surface area contributed by atoms with Gasteiger partial charge in [-0.1, -0.05) is 0 Å². The number of nitrogens with zero attached hydrogens (tertiary/aromatic N) is 1. The molecule has 0 aromatic heterocycles. The van der Waals surface area contributed by atoms with Crippen molar-refractivity contribution in [2.24, 2.45) is 11.7 Å². The average molecular weight is 279 g/mol. The number of esters is 1. The molecule has 5 nitrogen and oxygen atoms in total. The van der Waals surface area contributed by atoms with Crippen LogP contribution < -0.4 is 11.1 Å². The number of carbonyl (C=O) groups excluding carboxylic acids is 1. The van der Waals surface area contributed by atoms with Gasteiger partial charge in [0.15, 0.2) is 5.57 Å². The van der Waals surface area contributed by atoms with Gasteiger partial charge < -0.3 is 15.8 Å². The Kier molecular flexibility index (Phi) is 4.82. The van der Waals surface area contributed by atoms with Crippen LogP contribution >= 0.6 is 0 Å². The molecule has 0 saturated carbocycles. The standard InChI is InChI=1S/C15H25N3O2/c1-6-20-13(19)11(9-16)12(17)10-7-14(2,3)18-15(4,5)8-10/h10,18H,6-8,17H2,1-5H3. The lowest BCUT2D eigenvalue weighted by atomic mass is 9.74. The Morgan fingerprint density at radius 3 is 2.25 bits per heavy atom. The van der Waals surface area contributed by atoms with E-state index in [-0.39, 0.29) is 29.2 Å². The molecule has 5 heteroatoms. The third kappa shape index (κ3) is 3.97. The fourth-order valence-corrected chi connectivity index (χ4v) is 3.18. The second kappa shape index (κ2) is 5.84. The molecule has 0 radical (unpaired) electrons. The number of ether oxygens (including phenoxy) is 1. The van der Waals surface area contributed by atoms with E-state index in [1.54, 1.807) is 6.92 Å². The van der Waals surface area contributed by atoms with Gasteiger partial charge in [0.05, 0.1) is 6.61 Å². The highest BCUT2D eigenvalue weighted by atomic mass is 16.5. The van der Waals surface area contributed by atoms with Crippen molar-refractivity contribution >= 4 is 5.97 Å². The van der Waals surface area contributed by atoms with Crippen molar-refractivity contribution < 1.29 is 9.53 Å². The smallest absolute Gasteiger partial charge is 0.350 e. The minimum absolute atomic E-state index is 0.000283. The summed E-state index contributed by atoms with van der Waals surface area (Å²) in [6.45, 7) is 10.4. The molecular weight excluding hydrogens is 254 g/mol. The predicted molar refractivity (Wildman–Crippen MR) is 77.5 cm³/mol. The van der Waals surface area contributed by atoms with E-state index in [1.807, 2.05) is 6.07 Å². The maximum absolute atomic E-state index is 11.8. The number of hydrogen-bond acceptors (Lipinski definition) is 5. The second-order valence-electron chi connectivity index (χ2n) is 6.66. The van der Waals surface area contributed by atoms with Crippen LogP contribution in [0.3, 0.4) is 0 Å². The van der Waals surface area contributed by atoms with Gasteiger partial charge in [-0.25, -0.2) is 4.79 Å². The SMILES string of the molecule is CCOC(=O)C(C#N)=C(N)C1CC(C)(C)NC(C)(C)C1. The quantitative estimate of drug-likeness (QED) is 0.467. The number of nitrogens with two attached hydrogens (primary N) is 1. The number of allylic oxidation sites excluding steroid dienone is 1. The summed E-state index contributed by atoms with van der Waals surface area (Å²) < 4.78 is 4.90. The number of nitrogens with one attached hydrogen (secondary N) is 1. The molecule has 1 aliphatic heterocycles. The molecule has 1 fully saturated rings. The molecule has 1 saturated heterocycles. The first-order valence-corrected chi connectivity index (χ1v) is 6.98. The van der Waals surface area contributed by atoms with Gasteiger partial charge in [0.25, 0.3) is 0 Å². The Labute approximate surface area is 121 Å². The number of rotatable bonds is 3. The Bertz CT molecular complexity index is 442. The fourth-order valence-electron chi connectivity index (χ4n) is 3.18. The molecule has 1 aliphatic rings. The van der Waals surface area contributed by atoms with E-state index in [0.717, 1.165) is 12.8 Å². The summed E-state index contributed by atoms with van der Waals surface area (Å²) in [6.07, 6.45) is 1.57. The molecular formula is C15H25N3O2. The topological polar surface area (TPSA) is 88.1 Å². The lowest BCUT2D eigenvalue weighted by Crippen LogP contribution is -2.58. The van der Waals surface area contributed by atoms with Gasteiger partial charge in [-0.2, -0.15) is 5.26 Å². The highest BCUT2D eigenvalue weighted by Crippen LogP contribution is 2.36. The van der Waals surface area contributed by atoms with Gasteiger partial charge in [-0.15, -0.1) is 0 Å². The highest BCUT2D eigenvalue weighted by Gasteiger charge is 2.39. The summed E-state index contributed by atoms with van der Waals surface area (Å²) in [5.41, 5.74) is 6.23.